The quantitative estimate of drug-likeness (QED) is 0.285. The topological polar surface area (TPSA) is 101 Å². The summed E-state index contributed by atoms with van der Waals surface area (Å²) in [5.41, 5.74) is 2.21. The zero-order valence-corrected chi connectivity index (χ0v) is 21.3. The summed E-state index contributed by atoms with van der Waals surface area (Å²) in [6.45, 7) is 6.66. The first-order chi connectivity index (χ1) is 16.5. The molecule has 0 aliphatic heterocycles. The molecular formula is C26H26ClN3O4S. The smallest absolute Gasteiger partial charge is 0.269 e. The fourth-order valence-corrected chi connectivity index (χ4v) is 5.81. The minimum Gasteiger partial charge on any atom is -0.321 e. The molecule has 1 aliphatic carbocycles. The third kappa shape index (κ3) is 5.39. The number of fused-ring (bicyclic) bond motifs is 1. The molecule has 2 N–H and O–H groups in total. The van der Waals surface area contributed by atoms with E-state index in [1.165, 1.54) is 35.6 Å². The lowest BCUT2D eigenvalue weighted by molar-refractivity contribution is -0.384. The summed E-state index contributed by atoms with van der Waals surface area (Å²) >= 11 is 7.67. The van der Waals surface area contributed by atoms with E-state index in [9.17, 15) is 19.7 Å². The minimum absolute atomic E-state index is 0.0961. The Hall–Kier alpha value is -3.23. The van der Waals surface area contributed by atoms with Crippen LogP contribution in [0, 0.1) is 21.4 Å². The number of rotatable bonds is 5. The molecule has 0 bridgehead atoms. The van der Waals surface area contributed by atoms with Crippen molar-refractivity contribution in [1.82, 2.24) is 0 Å². The number of carbonyl (C=O) groups excluding carboxylic acids is 2. The summed E-state index contributed by atoms with van der Waals surface area (Å²) < 4.78 is 0. The van der Waals surface area contributed by atoms with Crippen molar-refractivity contribution in [3.63, 3.8) is 0 Å². The zero-order valence-electron chi connectivity index (χ0n) is 19.7. The number of nitrogens with zero attached hydrogens (tertiary/aromatic N) is 1. The summed E-state index contributed by atoms with van der Waals surface area (Å²) in [6.07, 6.45) is 2.53. The van der Waals surface area contributed by atoms with E-state index in [1.807, 2.05) is 0 Å². The highest BCUT2D eigenvalue weighted by atomic mass is 35.5. The maximum Gasteiger partial charge on any atom is 0.269 e. The van der Waals surface area contributed by atoms with Gasteiger partial charge in [-0.15, -0.1) is 11.3 Å². The third-order valence-corrected chi connectivity index (χ3v) is 7.91. The van der Waals surface area contributed by atoms with Crippen LogP contribution >= 0.6 is 22.9 Å². The van der Waals surface area contributed by atoms with Gasteiger partial charge in [-0.2, -0.15) is 0 Å². The lowest BCUT2D eigenvalue weighted by atomic mass is 9.72. The van der Waals surface area contributed by atoms with Crippen LogP contribution in [0.2, 0.25) is 5.02 Å². The van der Waals surface area contributed by atoms with Crippen molar-refractivity contribution in [3.8, 4) is 0 Å². The van der Waals surface area contributed by atoms with Gasteiger partial charge in [-0.05, 0) is 60.4 Å². The molecule has 0 radical (unpaired) electrons. The Morgan fingerprint density at radius 3 is 2.37 bits per heavy atom. The average molecular weight is 512 g/mol. The summed E-state index contributed by atoms with van der Waals surface area (Å²) in [5.74, 6) is -0.298. The molecule has 0 fully saturated rings. The summed E-state index contributed by atoms with van der Waals surface area (Å²) in [4.78, 5) is 37.9. The van der Waals surface area contributed by atoms with Crippen molar-refractivity contribution in [2.45, 2.75) is 40.0 Å². The fourth-order valence-electron chi connectivity index (χ4n) is 4.31. The van der Waals surface area contributed by atoms with Gasteiger partial charge in [0.1, 0.15) is 5.00 Å². The van der Waals surface area contributed by atoms with E-state index < -0.39 is 10.8 Å². The summed E-state index contributed by atoms with van der Waals surface area (Å²) in [5, 5.41) is 17.6. The Morgan fingerprint density at radius 1 is 1.06 bits per heavy atom. The molecule has 35 heavy (non-hydrogen) atoms. The molecule has 182 valence electrons. The summed E-state index contributed by atoms with van der Waals surface area (Å²) in [6, 6.07) is 12.4. The first-order valence-corrected chi connectivity index (χ1v) is 12.5. The molecule has 9 heteroatoms. The molecule has 2 amide bonds. The first-order valence-electron chi connectivity index (χ1n) is 11.3. The zero-order chi connectivity index (χ0) is 25.3. The number of para-hydroxylation sites is 1. The van der Waals surface area contributed by atoms with Gasteiger partial charge in [0.2, 0.25) is 0 Å². The number of nitro benzene ring substituents is 1. The van der Waals surface area contributed by atoms with Gasteiger partial charge in [-0.3, -0.25) is 19.7 Å². The lowest BCUT2D eigenvalue weighted by Gasteiger charge is -2.33. The van der Waals surface area contributed by atoms with Gasteiger partial charge in [0.15, 0.2) is 0 Å². The molecular weight excluding hydrogens is 486 g/mol. The van der Waals surface area contributed by atoms with Crippen molar-refractivity contribution in [2.24, 2.45) is 11.3 Å². The van der Waals surface area contributed by atoms with Crippen molar-refractivity contribution in [3.05, 3.63) is 85.2 Å². The molecule has 1 atom stereocenters. The molecule has 0 saturated heterocycles. The second-order valence-corrected chi connectivity index (χ2v) is 11.2. The maximum absolute atomic E-state index is 13.4. The van der Waals surface area contributed by atoms with E-state index in [0.29, 0.717) is 27.2 Å². The van der Waals surface area contributed by atoms with Crippen LogP contribution in [0.5, 0.6) is 0 Å². The van der Waals surface area contributed by atoms with Crippen LogP contribution in [0.1, 0.15) is 58.3 Å². The number of halogens is 1. The van der Waals surface area contributed by atoms with Crippen molar-refractivity contribution in [2.75, 3.05) is 10.6 Å². The molecule has 2 aromatic carbocycles. The predicted octanol–water partition coefficient (Wildman–Crippen LogP) is 6.97. The van der Waals surface area contributed by atoms with Crippen LogP contribution in [0.4, 0.5) is 16.4 Å². The summed E-state index contributed by atoms with van der Waals surface area (Å²) in [7, 11) is 0. The Morgan fingerprint density at radius 2 is 1.74 bits per heavy atom. The number of carbonyl (C=O) groups is 2. The second-order valence-electron chi connectivity index (χ2n) is 9.71. The average Bonchev–Trinajstić information content (AvgIpc) is 3.17. The molecule has 1 aromatic heterocycles. The van der Waals surface area contributed by atoms with E-state index in [-0.39, 0.29) is 22.6 Å². The Bertz CT molecular complexity index is 1290. The molecule has 7 nitrogen and oxygen atoms in total. The molecule has 4 rings (SSSR count). The monoisotopic (exact) mass is 511 g/mol. The van der Waals surface area contributed by atoms with Crippen LogP contribution in [-0.2, 0) is 12.8 Å². The van der Waals surface area contributed by atoms with Crippen LogP contribution in [0.3, 0.4) is 0 Å². The minimum atomic E-state index is -0.516. The largest absolute Gasteiger partial charge is 0.321 e. The van der Waals surface area contributed by atoms with Crippen LogP contribution in [-0.4, -0.2) is 16.7 Å². The number of nitrogens with one attached hydrogen (secondary N) is 2. The Labute approximate surface area is 212 Å². The highest BCUT2D eigenvalue weighted by Gasteiger charge is 2.34. The van der Waals surface area contributed by atoms with Gasteiger partial charge < -0.3 is 10.6 Å². The molecule has 0 spiro atoms. The number of anilines is 2. The van der Waals surface area contributed by atoms with Gasteiger partial charge >= 0.3 is 0 Å². The van der Waals surface area contributed by atoms with E-state index in [4.69, 9.17) is 11.6 Å². The number of amides is 2. The van der Waals surface area contributed by atoms with E-state index in [0.717, 1.165) is 29.7 Å². The SMILES string of the molecule is CC(C)(C)C1CCc2c(sc(NC(=O)c3ccc([N+](=O)[O-])cc3)c2C(=O)Nc2ccccc2Cl)C1. The second kappa shape index (κ2) is 9.79. The van der Waals surface area contributed by atoms with Crippen LogP contribution in [0.25, 0.3) is 0 Å². The Balaban J connectivity index is 1.68. The van der Waals surface area contributed by atoms with Gasteiger partial charge in [-0.25, -0.2) is 0 Å². The maximum atomic E-state index is 13.4. The lowest BCUT2D eigenvalue weighted by Crippen LogP contribution is -2.27. The van der Waals surface area contributed by atoms with Crippen molar-refractivity contribution >= 4 is 51.1 Å². The number of non-ortho nitro benzene ring substituents is 1. The normalized spacial score (nSPS) is 15.3. The Kier molecular flexibility index (Phi) is 6.96. The third-order valence-electron chi connectivity index (χ3n) is 6.41. The van der Waals surface area contributed by atoms with E-state index >= 15 is 0 Å². The van der Waals surface area contributed by atoms with Gasteiger partial charge in [0.05, 0.1) is 21.2 Å². The van der Waals surface area contributed by atoms with Crippen LogP contribution < -0.4 is 10.6 Å². The molecule has 0 saturated carbocycles. The van der Waals surface area contributed by atoms with Crippen molar-refractivity contribution < 1.29 is 14.5 Å². The van der Waals surface area contributed by atoms with E-state index in [1.54, 1.807) is 24.3 Å². The highest BCUT2D eigenvalue weighted by Crippen LogP contribution is 2.44. The standard InChI is InChI=1S/C26H26ClN3O4S/c1-26(2,3)16-10-13-18-21(14-16)35-25(22(18)24(32)28-20-7-5-4-6-19(20)27)29-23(31)15-8-11-17(12-9-15)30(33)34/h4-9,11-12,16H,10,13-14H2,1-3H3,(H,28,32)(H,29,31). The molecule has 1 aliphatic rings. The number of nitro groups is 1. The molecule has 1 unspecified atom stereocenters. The highest BCUT2D eigenvalue weighted by molar-refractivity contribution is 7.17. The van der Waals surface area contributed by atoms with Gasteiger partial charge in [-0.1, -0.05) is 44.5 Å². The predicted molar refractivity (Wildman–Crippen MR) is 140 cm³/mol. The number of hydrogen-bond donors (Lipinski definition) is 2. The first kappa shape index (κ1) is 24.9. The van der Waals surface area contributed by atoms with Gasteiger partial charge in [0.25, 0.3) is 17.5 Å². The van der Waals surface area contributed by atoms with Crippen LogP contribution in [0.15, 0.2) is 48.5 Å². The van der Waals surface area contributed by atoms with E-state index in [2.05, 4.69) is 31.4 Å². The number of benzene rings is 2. The van der Waals surface area contributed by atoms with Crippen molar-refractivity contribution in [1.29, 1.82) is 0 Å². The fraction of sp³-hybridized carbons (Fsp3) is 0.308. The number of hydrogen-bond acceptors (Lipinski definition) is 5. The van der Waals surface area contributed by atoms with Gasteiger partial charge in [0, 0.05) is 22.6 Å². The molecule has 3 aromatic rings. The number of thiophene rings is 1. The molecule has 1 heterocycles.